The first-order valence-corrected chi connectivity index (χ1v) is 7.23. The van der Waals surface area contributed by atoms with Gasteiger partial charge in [-0.05, 0) is 18.2 Å². The lowest BCUT2D eigenvalue weighted by molar-refractivity contribution is 0.185. The molecule has 1 aromatic rings. The predicted molar refractivity (Wildman–Crippen MR) is 72.6 cm³/mol. The van der Waals surface area contributed by atoms with Crippen molar-refractivity contribution >= 4 is 10.0 Å². The Morgan fingerprint density at radius 3 is 2.53 bits per heavy atom. The fourth-order valence-electron chi connectivity index (χ4n) is 1.59. The summed E-state index contributed by atoms with van der Waals surface area (Å²) in [4.78, 5) is 0.201. The standard InChI is InChI=1S/C12H20N2O4S/c1-14(6-7-17-2)19(15,16)11-4-5-12(18-3)10(8-11)9-13/h4-5,8H,6-7,9,13H2,1-3H3. The van der Waals surface area contributed by atoms with Crippen molar-refractivity contribution in [3.05, 3.63) is 23.8 Å². The van der Waals surface area contributed by atoms with Crippen molar-refractivity contribution in [3.63, 3.8) is 0 Å². The average molecular weight is 288 g/mol. The molecule has 0 saturated heterocycles. The summed E-state index contributed by atoms with van der Waals surface area (Å²) in [6.45, 7) is 0.854. The van der Waals surface area contributed by atoms with Crippen LogP contribution < -0.4 is 10.5 Å². The first kappa shape index (κ1) is 15.9. The summed E-state index contributed by atoms with van der Waals surface area (Å²) in [6, 6.07) is 4.66. The molecule has 0 saturated carbocycles. The molecule has 0 heterocycles. The second kappa shape index (κ2) is 6.85. The minimum absolute atomic E-state index is 0.201. The highest BCUT2D eigenvalue weighted by molar-refractivity contribution is 7.89. The van der Waals surface area contributed by atoms with Crippen molar-refractivity contribution < 1.29 is 17.9 Å². The normalized spacial score (nSPS) is 11.8. The highest BCUT2D eigenvalue weighted by Crippen LogP contribution is 2.23. The number of hydrogen-bond acceptors (Lipinski definition) is 5. The molecule has 1 aromatic carbocycles. The minimum Gasteiger partial charge on any atom is -0.496 e. The molecule has 2 N–H and O–H groups in total. The number of sulfonamides is 1. The number of nitrogens with zero attached hydrogens (tertiary/aromatic N) is 1. The third kappa shape index (κ3) is 3.66. The maximum Gasteiger partial charge on any atom is 0.242 e. The Labute approximate surface area is 114 Å². The zero-order valence-corrected chi connectivity index (χ0v) is 12.2. The van der Waals surface area contributed by atoms with Crippen molar-refractivity contribution in [1.29, 1.82) is 0 Å². The fourth-order valence-corrected chi connectivity index (χ4v) is 2.80. The van der Waals surface area contributed by atoms with Crippen LogP contribution in [0.1, 0.15) is 5.56 Å². The molecule has 0 bridgehead atoms. The van der Waals surface area contributed by atoms with Crippen LogP contribution in [-0.4, -0.2) is 47.1 Å². The maximum absolute atomic E-state index is 12.3. The van der Waals surface area contributed by atoms with E-state index in [0.717, 1.165) is 0 Å². The second-order valence-electron chi connectivity index (χ2n) is 4.00. The van der Waals surface area contributed by atoms with Gasteiger partial charge in [0.05, 0.1) is 18.6 Å². The van der Waals surface area contributed by atoms with E-state index in [4.69, 9.17) is 15.2 Å². The number of rotatable bonds is 7. The van der Waals surface area contributed by atoms with Gasteiger partial charge in [0.25, 0.3) is 0 Å². The molecule has 0 unspecified atom stereocenters. The molecule has 7 heteroatoms. The summed E-state index contributed by atoms with van der Waals surface area (Å²) in [5.41, 5.74) is 6.24. The van der Waals surface area contributed by atoms with Crippen molar-refractivity contribution in [2.45, 2.75) is 11.4 Å². The zero-order chi connectivity index (χ0) is 14.5. The molecule has 108 valence electrons. The van der Waals surface area contributed by atoms with Crippen LogP contribution in [0.4, 0.5) is 0 Å². The summed E-state index contributed by atoms with van der Waals surface area (Å²) in [6.07, 6.45) is 0. The second-order valence-corrected chi connectivity index (χ2v) is 6.04. The Morgan fingerprint density at radius 2 is 2.00 bits per heavy atom. The molecule has 0 aliphatic carbocycles. The fraction of sp³-hybridized carbons (Fsp3) is 0.500. The number of methoxy groups -OCH3 is 2. The van der Waals surface area contributed by atoms with E-state index in [1.54, 1.807) is 6.07 Å². The molecule has 0 amide bonds. The van der Waals surface area contributed by atoms with Gasteiger partial charge in [0, 0.05) is 32.8 Å². The van der Waals surface area contributed by atoms with Crippen LogP contribution in [0, 0.1) is 0 Å². The molecular formula is C12H20N2O4S. The van der Waals surface area contributed by atoms with E-state index in [-0.39, 0.29) is 11.4 Å². The number of ether oxygens (including phenoxy) is 2. The molecule has 0 fully saturated rings. The van der Waals surface area contributed by atoms with Crippen LogP contribution in [0.2, 0.25) is 0 Å². The van der Waals surface area contributed by atoms with Crippen LogP contribution in [0.15, 0.2) is 23.1 Å². The smallest absolute Gasteiger partial charge is 0.242 e. The molecular weight excluding hydrogens is 268 g/mol. The third-order valence-corrected chi connectivity index (χ3v) is 4.64. The van der Waals surface area contributed by atoms with Crippen LogP contribution in [0.3, 0.4) is 0 Å². The number of likely N-dealkylation sites (N-methyl/N-ethyl adjacent to an activating group) is 1. The van der Waals surface area contributed by atoms with E-state index in [1.165, 1.54) is 37.7 Å². The van der Waals surface area contributed by atoms with E-state index in [2.05, 4.69) is 0 Å². The van der Waals surface area contributed by atoms with Crippen LogP contribution in [0.5, 0.6) is 5.75 Å². The highest BCUT2D eigenvalue weighted by Gasteiger charge is 2.21. The lowest BCUT2D eigenvalue weighted by atomic mass is 10.2. The van der Waals surface area contributed by atoms with E-state index < -0.39 is 10.0 Å². The van der Waals surface area contributed by atoms with E-state index in [9.17, 15) is 8.42 Å². The molecule has 1 rings (SSSR count). The predicted octanol–water partition coefficient (Wildman–Crippen LogP) is 0.421. The number of benzene rings is 1. The van der Waals surface area contributed by atoms with Crippen molar-refractivity contribution in [3.8, 4) is 5.75 Å². The molecule has 0 radical (unpaired) electrons. The highest BCUT2D eigenvalue weighted by atomic mass is 32.2. The van der Waals surface area contributed by atoms with Gasteiger partial charge in [0.2, 0.25) is 10.0 Å². The van der Waals surface area contributed by atoms with Gasteiger partial charge in [-0.3, -0.25) is 0 Å². The molecule has 0 spiro atoms. The van der Waals surface area contributed by atoms with Gasteiger partial charge in [0.15, 0.2) is 0 Å². The first-order chi connectivity index (χ1) is 8.97. The van der Waals surface area contributed by atoms with Gasteiger partial charge >= 0.3 is 0 Å². The van der Waals surface area contributed by atoms with Crippen molar-refractivity contribution in [2.24, 2.45) is 5.73 Å². The van der Waals surface area contributed by atoms with Crippen molar-refractivity contribution in [1.82, 2.24) is 4.31 Å². The summed E-state index contributed by atoms with van der Waals surface area (Å²) < 4.78 is 35.8. The Morgan fingerprint density at radius 1 is 1.32 bits per heavy atom. The number of nitrogens with two attached hydrogens (primary N) is 1. The topological polar surface area (TPSA) is 81.9 Å². The molecule has 0 aromatic heterocycles. The Kier molecular flexibility index (Phi) is 5.74. The summed E-state index contributed by atoms with van der Waals surface area (Å²) in [5.74, 6) is 0.584. The van der Waals surface area contributed by atoms with Gasteiger partial charge in [-0.15, -0.1) is 0 Å². The summed E-state index contributed by atoms with van der Waals surface area (Å²) in [5, 5.41) is 0. The van der Waals surface area contributed by atoms with Gasteiger partial charge in [-0.2, -0.15) is 4.31 Å². The van der Waals surface area contributed by atoms with Crippen LogP contribution >= 0.6 is 0 Å². The molecule has 0 atom stereocenters. The molecule has 0 aliphatic heterocycles. The SMILES string of the molecule is COCCN(C)S(=O)(=O)c1ccc(OC)c(CN)c1. The molecule has 0 aliphatic rings. The van der Waals surface area contributed by atoms with Gasteiger partial charge in [-0.1, -0.05) is 0 Å². The first-order valence-electron chi connectivity index (χ1n) is 5.79. The van der Waals surface area contributed by atoms with Gasteiger partial charge < -0.3 is 15.2 Å². The summed E-state index contributed by atoms with van der Waals surface area (Å²) in [7, 11) is 1.04. The number of hydrogen-bond donors (Lipinski definition) is 1. The third-order valence-electron chi connectivity index (χ3n) is 2.79. The largest absolute Gasteiger partial charge is 0.496 e. The lowest BCUT2D eigenvalue weighted by Crippen LogP contribution is -2.30. The van der Waals surface area contributed by atoms with Crippen LogP contribution in [0.25, 0.3) is 0 Å². The average Bonchev–Trinajstić information content (AvgIpc) is 2.43. The molecule has 19 heavy (non-hydrogen) atoms. The van der Waals surface area contributed by atoms with E-state index in [1.807, 2.05) is 0 Å². The molecule has 6 nitrogen and oxygen atoms in total. The maximum atomic E-state index is 12.3. The minimum atomic E-state index is -3.53. The Hall–Kier alpha value is -1.15. The van der Waals surface area contributed by atoms with Crippen LogP contribution in [-0.2, 0) is 21.3 Å². The summed E-state index contributed by atoms with van der Waals surface area (Å²) >= 11 is 0. The van der Waals surface area contributed by atoms with Crippen molar-refractivity contribution in [2.75, 3.05) is 34.4 Å². The van der Waals surface area contributed by atoms with E-state index in [0.29, 0.717) is 24.5 Å². The van der Waals surface area contributed by atoms with Gasteiger partial charge in [-0.25, -0.2) is 8.42 Å². The van der Waals surface area contributed by atoms with Gasteiger partial charge in [0.1, 0.15) is 5.75 Å². The quantitative estimate of drug-likeness (QED) is 0.786. The Bertz CT molecular complexity index is 516. The monoisotopic (exact) mass is 288 g/mol. The Balaban J connectivity index is 3.08. The lowest BCUT2D eigenvalue weighted by Gasteiger charge is -2.17. The zero-order valence-electron chi connectivity index (χ0n) is 11.4. The van der Waals surface area contributed by atoms with E-state index >= 15 is 0 Å².